The van der Waals surface area contributed by atoms with Gasteiger partial charge in [0.05, 0.1) is 6.33 Å². The number of aromatic nitrogens is 3. The Morgan fingerprint density at radius 3 is 2.69 bits per heavy atom. The highest BCUT2D eigenvalue weighted by molar-refractivity contribution is 5.97. The van der Waals surface area contributed by atoms with Crippen LogP contribution in [-0.2, 0) is 6.54 Å². The quantitative estimate of drug-likeness (QED) is 0.597. The lowest BCUT2D eigenvalue weighted by molar-refractivity contribution is 0.0949. The van der Waals surface area contributed by atoms with E-state index in [-0.39, 0.29) is 5.56 Å². The van der Waals surface area contributed by atoms with Crippen LogP contribution in [0.3, 0.4) is 0 Å². The van der Waals surface area contributed by atoms with Crippen LogP contribution in [-0.4, -0.2) is 20.4 Å². The second-order valence-corrected chi connectivity index (χ2v) is 5.92. The summed E-state index contributed by atoms with van der Waals surface area (Å²) in [6.45, 7) is 0.343. The molecule has 0 aliphatic rings. The molecule has 6 nitrogen and oxygen atoms in total. The number of fused-ring (bicyclic) bond motifs is 1. The van der Waals surface area contributed by atoms with E-state index in [9.17, 15) is 9.59 Å². The van der Waals surface area contributed by atoms with Gasteiger partial charge < -0.3 is 14.9 Å². The molecule has 0 saturated heterocycles. The van der Waals surface area contributed by atoms with E-state index in [0.717, 1.165) is 16.6 Å². The molecule has 26 heavy (non-hydrogen) atoms. The number of benzene rings is 2. The molecule has 1 amide bonds. The van der Waals surface area contributed by atoms with Gasteiger partial charge in [-0.15, -0.1) is 0 Å². The Morgan fingerprint density at radius 2 is 1.92 bits per heavy atom. The van der Waals surface area contributed by atoms with Crippen molar-refractivity contribution >= 4 is 16.8 Å². The van der Waals surface area contributed by atoms with Crippen LogP contribution in [0.15, 0.2) is 78.1 Å². The number of rotatable bonds is 4. The van der Waals surface area contributed by atoms with Gasteiger partial charge in [0.15, 0.2) is 0 Å². The molecular weight excluding hydrogens is 328 g/mol. The molecule has 0 bridgehead atoms. The lowest BCUT2D eigenvalue weighted by Crippen LogP contribution is -2.29. The Balaban J connectivity index is 1.49. The van der Waals surface area contributed by atoms with E-state index in [4.69, 9.17) is 0 Å². The van der Waals surface area contributed by atoms with Gasteiger partial charge in [-0.25, -0.2) is 4.98 Å². The standard InChI is InChI=1S/C20H16N4O2/c25-19(17-11-15-3-1-2-4-18(15)23-20(17)26)22-12-14-5-7-16(8-6-14)24-10-9-21-13-24/h1-11,13H,12H2,(H,22,25)(H,23,26). The van der Waals surface area contributed by atoms with E-state index in [0.29, 0.717) is 12.1 Å². The van der Waals surface area contributed by atoms with Crippen molar-refractivity contribution in [1.82, 2.24) is 19.9 Å². The van der Waals surface area contributed by atoms with Gasteiger partial charge in [-0.05, 0) is 35.2 Å². The van der Waals surface area contributed by atoms with Crippen molar-refractivity contribution in [2.24, 2.45) is 0 Å². The molecule has 128 valence electrons. The van der Waals surface area contributed by atoms with Gasteiger partial charge >= 0.3 is 0 Å². The highest BCUT2D eigenvalue weighted by Crippen LogP contribution is 2.11. The minimum Gasteiger partial charge on any atom is -0.348 e. The summed E-state index contributed by atoms with van der Waals surface area (Å²) in [5.41, 5.74) is 2.36. The van der Waals surface area contributed by atoms with Crippen molar-refractivity contribution in [2.45, 2.75) is 6.54 Å². The van der Waals surface area contributed by atoms with Crippen molar-refractivity contribution in [3.05, 3.63) is 94.8 Å². The lowest BCUT2D eigenvalue weighted by Gasteiger charge is -2.07. The molecule has 0 atom stereocenters. The van der Waals surface area contributed by atoms with E-state index >= 15 is 0 Å². The van der Waals surface area contributed by atoms with Crippen LogP contribution < -0.4 is 10.9 Å². The number of imidazole rings is 1. The van der Waals surface area contributed by atoms with Crippen molar-refractivity contribution in [3.8, 4) is 5.69 Å². The molecule has 0 aliphatic carbocycles. The van der Waals surface area contributed by atoms with Crippen LogP contribution in [0.5, 0.6) is 0 Å². The largest absolute Gasteiger partial charge is 0.348 e. The summed E-state index contributed by atoms with van der Waals surface area (Å²) in [5, 5.41) is 3.62. The van der Waals surface area contributed by atoms with Crippen molar-refractivity contribution < 1.29 is 4.79 Å². The third-order valence-electron chi connectivity index (χ3n) is 4.19. The Hall–Kier alpha value is -3.67. The van der Waals surface area contributed by atoms with Gasteiger partial charge in [-0.1, -0.05) is 30.3 Å². The maximum Gasteiger partial charge on any atom is 0.261 e. The predicted molar refractivity (Wildman–Crippen MR) is 99.3 cm³/mol. The van der Waals surface area contributed by atoms with Crippen LogP contribution in [0.4, 0.5) is 0 Å². The number of pyridine rings is 1. The Bertz CT molecular complexity index is 1110. The molecule has 2 aromatic heterocycles. The first-order chi connectivity index (χ1) is 12.7. The van der Waals surface area contributed by atoms with E-state index in [1.807, 2.05) is 53.2 Å². The zero-order chi connectivity index (χ0) is 17.9. The van der Waals surface area contributed by atoms with Crippen LogP contribution in [0, 0.1) is 0 Å². The zero-order valence-corrected chi connectivity index (χ0v) is 13.8. The van der Waals surface area contributed by atoms with Crippen LogP contribution in [0.25, 0.3) is 16.6 Å². The molecule has 0 spiro atoms. The fraction of sp³-hybridized carbons (Fsp3) is 0.0500. The fourth-order valence-electron chi connectivity index (χ4n) is 2.79. The number of hydrogen-bond donors (Lipinski definition) is 2. The number of hydrogen-bond acceptors (Lipinski definition) is 3. The molecule has 4 aromatic rings. The molecule has 0 unspecified atom stereocenters. The maximum absolute atomic E-state index is 12.4. The maximum atomic E-state index is 12.4. The first-order valence-electron chi connectivity index (χ1n) is 8.18. The summed E-state index contributed by atoms with van der Waals surface area (Å²) in [6, 6.07) is 16.7. The molecule has 4 rings (SSSR count). The SMILES string of the molecule is O=C(NCc1ccc(-n2ccnc2)cc1)c1cc2ccccc2[nH]c1=O. The predicted octanol–water partition coefficient (Wildman–Crippen LogP) is 2.64. The zero-order valence-electron chi connectivity index (χ0n) is 13.8. The number of amides is 1. The minimum absolute atomic E-state index is 0.110. The van der Waals surface area contributed by atoms with E-state index in [1.54, 1.807) is 24.7 Å². The number of nitrogens with one attached hydrogen (secondary N) is 2. The summed E-state index contributed by atoms with van der Waals surface area (Å²) >= 11 is 0. The smallest absolute Gasteiger partial charge is 0.261 e. The number of carbonyl (C=O) groups excluding carboxylic acids is 1. The molecule has 2 N–H and O–H groups in total. The van der Waals surface area contributed by atoms with Gasteiger partial charge in [0.25, 0.3) is 11.5 Å². The minimum atomic E-state index is -0.393. The Kier molecular flexibility index (Phi) is 4.07. The number of para-hydroxylation sites is 1. The summed E-state index contributed by atoms with van der Waals surface area (Å²) in [6.07, 6.45) is 5.31. The average Bonchev–Trinajstić information content (AvgIpc) is 3.21. The highest BCUT2D eigenvalue weighted by atomic mass is 16.2. The second kappa shape index (κ2) is 6.68. The molecule has 2 aromatic carbocycles. The molecule has 0 fully saturated rings. The molecule has 0 radical (unpaired) electrons. The van der Waals surface area contributed by atoms with Crippen LogP contribution in [0.1, 0.15) is 15.9 Å². The molecule has 2 heterocycles. The van der Waals surface area contributed by atoms with E-state index in [2.05, 4.69) is 15.3 Å². The van der Waals surface area contributed by atoms with Gasteiger partial charge in [0, 0.05) is 30.1 Å². The Morgan fingerprint density at radius 1 is 1.12 bits per heavy atom. The fourth-order valence-corrected chi connectivity index (χ4v) is 2.79. The highest BCUT2D eigenvalue weighted by Gasteiger charge is 2.11. The molecular formula is C20H16N4O2. The summed E-state index contributed by atoms with van der Waals surface area (Å²) < 4.78 is 1.90. The number of nitrogens with zero attached hydrogens (tertiary/aromatic N) is 2. The average molecular weight is 344 g/mol. The van der Waals surface area contributed by atoms with E-state index in [1.165, 1.54) is 0 Å². The van der Waals surface area contributed by atoms with Crippen molar-refractivity contribution in [3.63, 3.8) is 0 Å². The monoisotopic (exact) mass is 344 g/mol. The summed E-state index contributed by atoms with van der Waals surface area (Å²) in [4.78, 5) is 31.3. The lowest BCUT2D eigenvalue weighted by atomic mass is 10.1. The van der Waals surface area contributed by atoms with E-state index < -0.39 is 11.5 Å². The molecule has 0 saturated carbocycles. The van der Waals surface area contributed by atoms with Crippen molar-refractivity contribution in [1.29, 1.82) is 0 Å². The van der Waals surface area contributed by atoms with Crippen LogP contribution >= 0.6 is 0 Å². The topological polar surface area (TPSA) is 79.8 Å². The first-order valence-corrected chi connectivity index (χ1v) is 8.18. The third kappa shape index (κ3) is 3.12. The van der Waals surface area contributed by atoms with Gasteiger partial charge in [-0.2, -0.15) is 0 Å². The normalized spacial score (nSPS) is 10.8. The molecule has 0 aliphatic heterocycles. The third-order valence-corrected chi connectivity index (χ3v) is 4.19. The number of H-pyrrole nitrogens is 1. The molecule has 6 heteroatoms. The summed E-state index contributed by atoms with van der Waals surface area (Å²) in [5.74, 6) is -0.393. The summed E-state index contributed by atoms with van der Waals surface area (Å²) in [7, 11) is 0. The number of carbonyl (C=O) groups is 1. The number of aromatic amines is 1. The van der Waals surface area contributed by atoms with Gasteiger partial charge in [-0.3, -0.25) is 9.59 Å². The Labute approximate surface area is 149 Å². The van der Waals surface area contributed by atoms with Gasteiger partial charge in [0.1, 0.15) is 5.56 Å². The van der Waals surface area contributed by atoms with Crippen molar-refractivity contribution in [2.75, 3.05) is 0 Å². The van der Waals surface area contributed by atoms with Crippen LogP contribution in [0.2, 0.25) is 0 Å². The van der Waals surface area contributed by atoms with Gasteiger partial charge in [0.2, 0.25) is 0 Å². The first kappa shape index (κ1) is 15.8. The second-order valence-electron chi connectivity index (χ2n) is 5.92.